The number of benzene rings is 2. The number of hydrogen-bond donors (Lipinski definition) is 1. The third-order valence-electron chi connectivity index (χ3n) is 5.51. The van der Waals surface area contributed by atoms with Gasteiger partial charge in [-0.05, 0) is 51.0 Å². The van der Waals surface area contributed by atoms with Crippen molar-refractivity contribution in [1.29, 1.82) is 0 Å². The summed E-state index contributed by atoms with van der Waals surface area (Å²) in [5.74, 6) is 0.688. The van der Waals surface area contributed by atoms with Gasteiger partial charge in [-0.1, -0.05) is 18.2 Å². The van der Waals surface area contributed by atoms with Crippen LogP contribution in [0.1, 0.15) is 26.7 Å². The molecule has 0 spiro atoms. The van der Waals surface area contributed by atoms with Crippen LogP contribution in [0.2, 0.25) is 0 Å². The summed E-state index contributed by atoms with van der Waals surface area (Å²) in [5, 5.41) is 3.59. The van der Waals surface area contributed by atoms with Crippen molar-refractivity contribution in [3.05, 3.63) is 54.7 Å². The Labute approximate surface area is 193 Å². The lowest BCUT2D eigenvalue weighted by Gasteiger charge is -2.24. The normalized spacial score (nSPS) is 16.6. The maximum absolute atomic E-state index is 13.6. The largest absolute Gasteiger partial charge is 0.494 e. The minimum absolute atomic E-state index is 0.105. The number of fused-ring (bicyclic) bond motifs is 1. The summed E-state index contributed by atoms with van der Waals surface area (Å²) >= 11 is 0. The summed E-state index contributed by atoms with van der Waals surface area (Å²) in [7, 11) is -3.93. The van der Waals surface area contributed by atoms with E-state index in [1.807, 2.05) is 26.0 Å². The number of pyridine rings is 1. The fourth-order valence-corrected chi connectivity index (χ4v) is 5.88. The van der Waals surface area contributed by atoms with Crippen molar-refractivity contribution in [2.45, 2.75) is 37.6 Å². The fraction of sp³-hybridized carbons (Fsp3) is 0.333. The molecule has 1 aliphatic rings. The molecular weight excluding hydrogens is 442 g/mol. The van der Waals surface area contributed by atoms with Crippen LogP contribution in [0.3, 0.4) is 0 Å². The second-order valence-corrected chi connectivity index (χ2v) is 9.48. The first-order chi connectivity index (χ1) is 16.0. The van der Waals surface area contributed by atoms with Crippen molar-refractivity contribution in [2.75, 3.05) is 25.1 Å². The number of rotatable bonds is 8. The van der Waals surface area contributed by atoms with Gasteiger partial charge in [0.25, 0.3) is 0 Å². The number of para-hydroxylation sites is 1. The summed E-state index contributed by atoms with van der Waals surface area (Å²) in [4.78, 5) is 17.6. The molecule has 1 aliphatic heterocycles. The van der Waals surface area contributed by atoms with Gasteiger partial charge in [0, 0.05) is 24.2 Å². The molecule has 9 heteroatoms. The maximum atomic E-state index is 13.6. The van der Waals surface area contributed by atoms with E-state index in [-0.39, 0.29) is 11.4 Å². The van der Waals surface area contributed by atoms with Gasteiger partial charge in [-0.3, -0.25) is 9.78 Å². The van der Waals surface area contributed by atoms with E-state index in [2.05, 4.69) is 10.3 Å². The first kappa shape index (κ1) is 23.0. The van der Waals surface area contributed by atoms with Crippen LogP contribution in [0.5, 0.6) is 11.5 Å². The van der Waals surface area contributed by atoms with Crippen LogP contribution >= 0.6 is 0 Å². The minimum Gasteiger partial charge on any atom is -0.494 e. The average molecular weight is 470 g/mol. The molecule has 1 fully saturated rings. The molecule has 0 saturated carbocycles. The molecule has 8 nitrogen and oxygen atoms in total. The smallest absolute Gasteiger partial charge is 0.245 e. The van der Waals surface area contributed by atoms with Crippen LogP contribution in [0.4, 0.5) is 5.69 Å². The molecule has 1 atom stereocenters. The number of nitrogens with zero attached hydrogens (tertiary/aromatic N) is 2. The summed E-state index contributed by atoms with van der Waals surface area (Å²) in [6, 6.07) is 13.0. The third-order valence-corrected chi connectivity index (χ3v) is 7.45. The van der Waals surface area contributed by atoms with Gasteiger partial charge in [0.15, 0.2) is 0 Å². The summed E-state index contributed by atoms with van der Waals surface area (Å²) < 4.78 is 39.6. The summed E-state index contributed by atoms with van der Waals surface area (Å²) in [6.45, 7) is 4.90. The zero-order valence-corrected chi connectivity index (χ0v) is 19.5. The second kappa shape index (κ2) is 9.76. The molecule has 0 radical (unpaired) electrons. The van der Waals surface area contributed by atoms with E-state index in [0.29, 0.717) is 48.8 Å². The number of aromatic nitrogens is 1. The van der Waals surface area contributed by atoms with Crippen molar-refractivity contribution >= 4 is 32.5 Å². The Morgan fingerprint density at radius 2 is 1.91 bits per heavy atom. The highest BCUT2D eigenvalue weighted by molar-refractivity contribution is 7.89. The lowest BCUT2D eigenvalue weighted by molar-refractivity contribution is -0.119. The Morgan fingerprint density at radius 1 is 1.12 bits per heavy atom. The van der Waals surface area contributed by atoms with Crippen LogP contribution in [0.15, 0.2) is 59.6 Å². The van der Waals surface area contributed by atoms with E-state index in [1.165, 1.54) is 10.4 Å². The lowest BCUT2D eigenvalue weighted by atomic mass is 10.2. The second-order valence-electron chi connectivity index (χ2n) is 7.62. The van der Waals surface area contributed by atoms with Crippen molar-refractivity contribution in [1.82, 2.24) is 9.29 Å². The van der Waals surface area contributed by atoms with E-state index in [9.17, 15) is 13.2 Å². The predicted molar refractivity (Wildman–Crippen MR) is 126 cm³/mol. The maximum Gasteiger partial charge on any atom is 0.245 e. The summed E-state index contributed by atoms with van der Waals surface area (Å²) in [6.07, 6.45) is 2.58. The Kier molecular flexibility index (Phi) is 6.80. The van der Waals surface area contributed by atoms with Crippen LogP contribution in [0.25, 0.3) is 10.9 Å². The SMILES string of the molecule is CCOc1ccc(OCC)c(NC(=O)[C@@H]2CCCN2S(=O)(=O)c2cccc3cccnc23)c1. The lowest BCUT2D eigenvalue weighted by Crippen LogP contribution is -2.43. The highest BCUT2D eigenvalue weighted by atomic mass is 32.2. The van der Waals surface area contributed by atoms with Gasteiger partial charge in [-0.2, -0.15) is 4.31 Å². The highest BCUT2D eigenvalue weighted by Crippen LogP contribution is 2.33. The number of anilines is 1. The molecule has 2 aromatic carbocycles. The Morgan fingerprint density at radius 3 is 2.70 bits per heavy atom. The summed E-state index contributed by atoms with van der Waals surface area (Å²) in [5.41, 5.74) is 0.845. The van der Waals surface area contributed by atoms with Crippen LogP contribution in [-0.4, -0.2) is 49.4 Å². The molecule has 174 valence electrons. The highest BCUT2D eigenvalue weighted by Gasteiger charge is 2.40. The zero-order chi connectivity index (χ0) is 23.4. The number of nitrogens with one attached hydrogen (secondary N) is 1. The molecule has 1 amide bonds. The van der Waals surface area contributed by atoms with Gasteiger partial charge < -0.3 is 14.8 Å². The molecule has 0 unspecified atom stereocenters. The fourth-order valence-electron chi connectivity index (χ4n) is 4.06. The molecule has 0 bridgehead atoms. The number of amides is 1. The standard InChI is InChI=1S/C24H27N3O5S/c1-3-31-18-12-13-21(32-4-2)19(16-18)26-24(28)20-10-7-15-27(20)33(29,30)22-11-5-8-17-9-6-14-25-23(17)22/h5-6,8-9,11-14,16,20H,3-4,7,10,15H2,1-2H3,(H,26,28)/t20-/m0/s1. The topological polar surface area (TPSA) is 97.8 Å². The van der Waals surface area contributed by atoms with E-state index >= 15 is 0 Å². The number of hydrogen-bond acceptors (Lipinski definition) is 6. The van der Waals surface area contributed by atoms with Crippen LogP contribution in [0, 0.1) is 0 Å². The molecule has 4 rings (SSSR count). The molecule has 0 aliphatic carbocycles. The number of carbonyl (C=O) groups excluding carboxylic acids is 1. The van der Waals surface area contributed by atoms with Gasteiger partial charge in [-0.25, -0.2) is 8.42 Å². The molecule has 1 saturated heterocycles. The number of sulfonamides is 1. The number of carbonyl (C=O) groups is 1. The Hall–Kier alpha value is -3.17. The van der Waals surface area contributed by atoms with Crippen LogP contribution in [-0.2, 0) is 14.8 Å². The van der Waals surface area contributed by atoms with Gasteiger partial charge in [-0.15, -0.1) is 0 Å². The number of ether oxygens (including phenoxy) is 2. The molecule has 2 heterocycles. The molecule has 33 heavy (non-hydrogen) atoms. The van der Waals surface area contributed by atoms with Gasteiger partial charge in [0.05, 0.1) is 24.4 Å². The molecule has 1 aromatic heterocycles. The third kappa shape index (κ3) is 4.65. The van der Waals surface area contributed by atoms with E-state index in [1.54, 1.807) is 36.5 Å². The predicted octanol–water partition coefficient (Wildman–Crippen LogP) is 3.82. The van der Waals surface area contributed by atoms with Gasteiger partial charge >= 0.3 is 0 Å². The van der Waals surface area contributed by atoms with Crippen molar-refractivity contribution in [3.63, 3.8) is 0 Å². The van der Waals surface area contributed by atoms with Gasteiger partial charge in [0.2, 0.25) is 15.9 Å². The van der Waals surface area contributed by atoms with Crippen molar-refractivity contribution in [2.24, 2.45) is 0 Å². The van der Waals surface area contributed by atoms with Gasteiger partial charge in [0.1, 0.15) is 22.4 Å². The molecule has 1 N–H and O–H groups in total. The van der Waals surface area contributed by atoms with Crippen molar-refractivity contribution in [3.8, 4) is 11.5 Å². The average Bonchev–Trinajstić information content (AvgIpc) is 3.32. The van der Waals surface area contributed by atoms with Crippen LogP contribution < -0.4 is 14.8 Å². The van der Waals surface area contributed by atoms with E-state index in [0.717, 1.165) is 5.39 Å². The Balaban J connectivity index is 1.63. The Bertz CT molecular complexity index is 1260. The quantitative estimate of drug-likeness (QED) is 0.539. The minimum atomic E-state index is -3.93. The first-order valence-corrected chi connectivity index (χ1v) is 12.5. The molecular formula is C24H27N3O5S. The monoisotopic (exact) mass is 469 g/mol. The van der Waals surface area contributed by atoms with E-state index in [4.69, 9.17) is 9.47 Å². The molecule has 3 aromatic rings. The van der Waals surface area contributed by atoms with Crippen molar-refractivity contribution < 1.29 is 22.7 Å². The first-order valence-electron chi connectivity index (χ1n) is 11.0. The zero-order valence-electron chi connectivity index (χ0n) is 18.7. The van der Waals surface area contributed by atoms with E-state index < -0.39 is 22.0 Å².